The van der Waals surface area contributed by atoms with Gasteiger partial charge in [0.2, 0.25) is 0 Å². The van der Waals surface area contributed by atoms with Crippen LogP contribution in [0.3, 0.4) is 0 Å². The normalized spacial score (nSPS) is 13.6. The monoisotopic (exact) mass is 196 g/mol. The number of nitrogens with two attached hydrogens (primary N) is 1. The van der Waals surface area contributed by atoms with Crippen molar-refractivity contribution in [1.29, 1.82) is 0 Å². The Morgan fingerprint density at radius 2 is 2.00 bits per heavy atom. The smallest absolute Gasteiger partial charge is 0.150 e. The van der Waals surface area contributed by atoms with Crippen LogP contribution in [0.15, 0.2) is 0 Å². The van der Waals surface area contributed by atoms with Gasteiger partial charge in [0.1, 0.15) is 11.6 Å². The van der Waals surface area contributed by atoms with Crippen LogP contribution in [0, 0.1) is 12.8 Å². The van der Waals surface area contributed by atoms with Gasteiger partial charge in [-0.25, -0.2) is 0 Å². The molecule has 4 heteroatoms. The molecule has 0 bridgehead atoms. The predicted octanol–water partition coefficient (Wildman–Crippen LogP) is 1.65. The molecule has 4 nitrogen and oxygen atoms in total. The van der Waals surface area contributed by atoms with Crippen LogP contribution < -0.4 is 5.73 Å². The molecule has 1 heterocycles. The summed E-state index contributed by atoms with van der Waals surface area (Å²) in [5, 5.41) is 8.22. The lowest BCUT2D eigenvalue weighted by Crippen LogP contribution is -2.22. The summed E-state index contributed by atoms with van der Waals surface area (Å²) in [6.07, 6.45) is 1.08. The van der Waals surface area contributed by atoms with E-state index in [4.69, 9.17) is 5.73 Å². The number of hydrogen-bond donors (Lipinski definition) is 1. The van der Waals surface area contributed by atoms with Gasteiger partial charge in [0.05, 0.1) is 6.04 Å². The minimum absolute atomic E-state index is 0.0113. The highest BCUT2D eigenvalue weighted by Crippen LogP contribution is 2.17. The molecule has 0 spiro atoms. The maximum Gasteiger partial charge on any atom is 0.150 e. The second-order valence-electron chi connectivity index (χ2n) is 4.03. The molecule has 0 unspecified atom stereocenters. The minimum atomic E-state index is -0.0113. The Labute approximate surface area is 85.5 Å². The maximum absolute atomic E-state index is 6.06. The molecule has 2 N–H and O–H groups in total. The molecule has 0 aliphatic heterocycles. The van der Waals surface area contributed by atoms with Gasteiger partial charge in [0.15, 0.2) is 0 Å². The van der Waals surface area contributed by atoms with Crippen molar-refractivity contribution in [3.8, 4) is 0 Å². The molecular formula is C10H20N4. The molecule has 80 valence electrons. The fourth-order valence-electron chi connectivity index (χ4n) is 1.44. The van der Waals surface area contributed by atoms with Gasteiger partial charge >= 0.3 is 0 Å². The van der Waals surface area contributed by atoms with Crippen LogP contribution in [-0.2, 0) is 6.54 Å². The lowest BCUT2D eigenvalue weighted by molar-refractivity contribution is 0.461. The molecule has 14 heavy (non-hydrogen) atoms. The average molecular weight is 196 g/mol. The van der Waals surface area contributed by atoms with Crippen molar-refractivity contribution < 1.29 is 0 Å². The second kappa shape index (κ2) is 4.55. The summed E-state index contributed by atoms with van der Waals surface area (Å²) in [5.74, 6) is 2.27. The Morgan fingerprint density at radius 3 is 2.50 bits per heavy atom. The van der Waals surface area contributed by atoms with Gasteiger partial charge in [-0.3, -0.25) is 0 Å². The number of aromatic nitrogens is 3. The van der Waals surface area contributed by atoms with Gasteiger partial charge in [-0.15, -0.1) is 10.2 Å². The van der Waals surface area contributed by atoms with Gasteiger partial charge < -0.3 is 10.3 Å². The Bertz CT molecular complexity index is 290. The summed E-state index contributed by atoms with van der Waals surface area (Å²) in [6, 6.07) is -0.0113. The first kappa shape index (κ1) is 11.2. The molecule has 1 atom stereocenters. The number of rotatable bonds is 4. The van der Waals surface area contributed by atoms with Crippen LogP contribution in [0.4, 0.5) is 0 Å². The Morgan fingerprint density at radius 1 is 1.36 bits per heavy atom. The Balaban J connectivity index is 2.96. The fourth-order valence-corrected chi connectivity index (χ4v) is 1.44. The third-order valence-electron chi connectivity index (χ3n) is 2.43. The highest BCUT2D eigenvalue weighted by atomic mass is 15.3. The lowest BCUT2D eigenvalue weighted by Gasteiger charge is -2.16. The van der Waals surface area contributed by atoms with Crippen LogP contribution in [0.1, 0.15) is 44.9 Å². The summed E-state index contributed by atoms with van der Waals surface area (Å²) >= 11 is 0. The molecule has 0 saturated carbocycles. The van der Waals surface area contributed by atoms with Crippen LogP contribution in [0.2, 0.25) is 0 Å². The van der Waals surface area contributed by atoms with Crippen molar-refractivity contribution in [3.05, 3.63) is 11.6 Å². The van der Waals surface area contributed by atoms with Gasteiger partial charge in [-0.1, -0.05) is 20.8 Å². The van der Waals surface area contributed by atoms with Crippen LogP contribution in [0.5, 0.6) is 0 Å². The lowest BCUT2D eigenvalue weighted by atomic mass is 10.1. The first-order valence-electron chi connectivity index (χ1n) is 5.23. The largest absolute Gasteiger partial charge is 0.321 e. The zero-order chi connectivity index (χ0) is 10.7. The Hall–Kier alpha value is -0.900. The average Bonchev–Trinajstić information content (AvgIpc) is 2.48. The molecule has 0 amide bonds. The quantitative estimate of drug-likeness (QED) is 0.796. The standard InChI is InChI=1S/C10H20N4/c1-5-6-14-8(4)12-13-10(14)9(11)7(2)3/h7,9H,5-6,11H2,1-4H3/t9-/m0/s1. The van der Waals surface area contributed by atoms with Crippen molar-refractivity contribution in [2.45, 2.75) is 46.7 Å². The molecule has 0 saturated heterocycles. The molecule has 0 radical (unpaired) electrons. The molecule has 0 aliphatic carbocycles. The summed E-state index contributed by atoms with van der Waals surface area (Å²) in [5.41, 5.74) is 6.06. The zero-order valence-corrected chi connectivity index (χ0v) is 9.49. The van der Waals surface area contributed by atoms with Crippen LogP contribution in [-0.4, -0.2) is 14.8 Å². The molecule has 0 fully saturated rings. The molecule has 1 aromatic rings. The van der Waals surface area contributed by atoms with E-state index >= 15 is 0 Å². The summed E-state index contributed by atoms with van der Waals surface area (Å²) in [7, 11) is 0. The summed E-state index contributed by atoms with van der Waals surface area (Å²) in [6.45, 7) is 9.27. The zero-order valence-electron chi connectivity index (χ0n) is 9.49. The van der Waals surface area contributed by atoms with E-state index < -0.39 is 0 Å². The van der Waals surface area contributed by atoms with E-state index in [0.717, 1.165) is 24.6 Å². The van der Waals surface area contributed by atoms with E-state index in [1.807, 2.05) is 6.92 Å². The summed E-state index contributed by atoms with van der Waals surface area (Å²) < 4.78 is 2.12. The second-order valence-corrected chi connectivity index (χ2v) is 4.03. The molecular weight excluding hydrogens is 176 g/mol. The van der Waals surface area contributed by atoms with Crippen molar-refractivity contribution in [2.75, 3.05) is 0 Å². The first-order chi connectivity index (χ1) is 6.57. The van der Waals surface area contributed by atoms with E-state index in [-0.39, 0.29) is 6.04 Å². The number of nitrogens with zero attached hydrogens (tertiary/aromatic N) is 3. The van der Waals surface area contributed by atoms with Crippen molar-refractivity contribution in [3.63, 3.8) is 0 Å². The third kappa shape index (κ3) is 2.12. The van der Waals surface area contributed by atoms with Gasteiger partial charge in [-0.2, -0.15) is 0 Å². The van der Waals surface area contributed by atoms with Gasteiger partial charge in [0, 0.05) is 6.54 Å². The topological polar surface area (TPSA) is 56.7 Å². The van der Waals surface area contributed by atoms with E-state index in [1.54, 1.807) is 0 Å². The predicted molar refractivity (Wildman–Crippen MR) is 56.8 cm³/mol. The minimum Gasteiger partial charge on any atom is -0.321 e. The van der Waals surface area contributed by atoms with Crippen LogP contribution in [0.25, 0.3) is 0 Å². The maximum atomic E-state index is 6.06. The highest BCUT2D eigenvalue weighted by molar-refractivity contribution is 5.00. The van der Waals surface area contributed by atoms with E-state index in [1.165, 1.54) is 0 Å². The first-order valence-corrected chi connectivity index (χ1v) is 5.23. The van der Waals surface area contributed by atoms with Crippen molar-refractivity contribution in [1.82, 2.24) is 14.8 Å². The number of aryl methyl sites for hydroxylation is 1. The molecule has 1 aromatic heterocycles. The molecule has 0 aromatic carbocycles. The van der Waals surface area contributed by atoms with Crippen molar-refractivity contribution >= 4 is 0 Å². The van der Waals surface area contributed by atoms with E-state index in [0.29, 0.717) is 5.92 Å². The molecule has 0 aliphatic rings. The third-order valence-corrected chi connectivity index (χ3v) is 2.43. The highest BCUT2D eigenvalue weighted by Gasteiger charge is 2.18. The summed E-state index contributed by atoms with van der Waals surface area (Å²) in [4.78, 5) is 0. The number of hydrogen-bond acceptors (Lipinski definition) is 3. The SMILES string of the molecule is CCCn1c(C)nnc1[C@@H](N)C(C)C. The van der Waals surface area contributed by atoms with Gasteiger partial charge in [-0.05, 0) is 19.3 Å². The fraction of sp³-hybridized carbons (Fsp3) is 0.800. The van der Waals surface area contributed by atoms with E-state index in [2.05, 4.69) is 35.5 Å². The Kier molecular flexibility index (Phi) is 3.63. The van der Waals surface area contributed by atoms with Crippen LogP contribution >= 0.6 is 0 Å². The van der Waals surface area contributed by atoms with E-state index in [9.17, 15) is 0 Å². The van der Waals surface area contributed by atoms with Gasteiger partial charge in [0.25, 0.3) is 0 Å². The van der Waals surface area contributed by atoms with Crippen molar-refractivity contribution in [2.24, 2.45) is 11.7 Å². The molecule has 1 rings (SSSR count).